The molecule has 0 bridgehead atoms. The van der Waals surface area contributed by atoms with Crippen molar-refractivity contribution in [1.82, 2.24) is 0 Å². The average Bonchev–Trinajstić information content (AvgIpc) is 3.44. The van der Waals surface area contributed by atoms with Gasteiger partial charge < -0.3 is 9.64 Å². The van der Waals surface area contributed by atoms with E-state index in [1.54, 1.807) is 48.5 Å². The summed E-state index contributed by atoms with van der Waals surface area (Å²) in [5.74, 6) is -0.996. The van der Waals surface area contributed by atoms with Crippen LogP contribution in [0.15, 0.2) is 103 Å². The van der Waals surface area contributed by atoms with Crippen molar-refractivity contribution in [2.24, 2.45) is 5.41 Å². The number of carbonyl (C=O) groups excluding carboxylic acids is 3. The Morgan fingerprint density at radius 2 is 1.49 bits per heavy atom. The third kappa shape index (κ3) is 3.52. The second-order valence-corrected chi connectivity index (χ2v) is 11.0. The van der Waals surface area contributed by atoms with Gasteiger partial charge in [0.25, 0.3) is 0 Å². The molecule has 4 aromatic rings. The number of ether oxygens (including phenoxy) is 1. The van der Waals surface area contributed by atoms with Crippen LogP contribution in [0, 0.1) is 5.41 Å². The number of ketones is 3. The van der Waals surface area contributed by atoms with E-state index in [9.17, 15) is 14.4 Å². The van der Waals surface area contributed by atoms with Gasteiger partial charge in [0.2, 0.25) is 0 Å². The fraction of sp³-hybridized carbons (Fsp3) is 0.171. The molecule has 6 heteroatoms. The fourth-order valence-electron chi connectivity index (χ4n) is 7.07. The van der Waals surface area contributed by atoms with Gasteiger partial charge in [-0.2, -0.15) is 0 Å². The number of fused-ring (bicyclic) bond motifs is 5. The zero-order valence-corrected chi connectivity index (χ0v) is 23.0. The molecule has 2 aliphatic heterocycles. The maximum atomic E-state index is 14.7. The van der Waals surface area contributed by atoms with Gasteiger partial charge in [-0.05, 0) is 48.9 Å². The number of para-hydroxylation sites is 2. The van der Waals surface area contributed by atoms with Gasteiger partial charge in [-0.1, -0.05) is 84.4 Å². The maximum Gasteiger partial charge on any atom is 0.185 e. The van der Waals surface area contributed by atoms with E-state index < -0.39 is 23.4 Å². The summed E-state index contributed by atoms with van der Waals surface area (Å²) in [4.78, 5) is 46.2. The van der Waals surface area contributed by atoms with Crippen molar-refractivity contribution in [3.8, 4) is 5.75 Å². The number of Topliss-reactive ketones (excluding diaryl/α,β-unsaturated/α-hetero) is 3. The van der Waals surface area contributed by atoms with Gasteiger partial charge in [0, 0.05) is 38.9 Å². The number of nitrogens with zero attached hydrogens (tertiary/aromatic N) is 1. The minimum absolute atomic E-state index is 0.193. The summed E-state index contributed by atoms with van der Waals surface area (Å²) in [6, 6.07) is 27.5. The Labute approximate surface area is 243 Å². The molecular weight excluding hydrogens is 534 g/mol. The summed E-state index contributed by atoms with van der Waals surface area (Å²) in [5, 5.41) is 0.517. The highest BCUT2D eigenvalue weighted by Crippen LogP contribution is 2.61. The third-order valence-corrected chi connectivity index (χ3v) is 8.92. The Hall–Kier alpha value is -4.48. The lowest BCUT2D eigenvalue weighted by atomic mass is 9.64. The van der Waals surface area contributed by atoms with Crippen LogP contribution in [0.25, 0.3) is 6.08 Å². The molecule has 1 aliphatic carbocycles. The highest BCUT2D eigenvalue weighted by Gasteiger charge is 2.71. The second kappa shape index (κ2) is 9.57. The normalized spacial score (nSPS) is 21.5. The standard InChI is InChI=1S/C35H26ClNO4/c1-2-41-28-14-8-6-12-26(28)30-31(32(38)22-15-18-23(36)19-16-22)37-27-13-7-3-9-21(27)17-20-29(37)35(30)33(39)24-10-4-5-11-25(24)34(35)40/h3-20,29-31H,2H2,1H3/t29-,30-,31+/m1/s1. The number of anilines is 1. The molecule has 1 fully saturated rings. The first-order valence-corrected chi connectivity index (χ1v) is 14.1. The number of carbonyl (C=O) groups is 3. The second-order valence-electron chi connectivity index (χ2n) is 10.6. The van der Waals surface area contributed by atoms with E-state index in [0.29, 0.717) is 39.6 Å². The smallest absolute Gasteiger partial charge is 0.185 e. The van der Waals surface area contributed by atoms with Crippen molar-refractivity contribution < 1.29 is 19.1 Å². The first kappa shape index (κ1) is 25.5. The summed E-state index contributed by atoms with van der Waals surface area (Å²) >= 11 is 6.19. The summed E-state index contributed by atoms with van der Waals surface area (Å²) < 4.78 is 6.08. The van der Waals surface area contributed by atoms with Crippen molar-refractivity contribution in [2.75, 3.05) is 11.5 Å². The first-order chi connectivity index (χ1) is 20.0. The van der Waals surface area contributed by atoms with Crippen molar-refractivity contribution in [3.63, 3.8) is 0 Å². The molecule has 0 amide bonds. The van der Waals surface area contributed by atoms with Crippen molar-refractivity contribution in [2.45, 2.75) is 24.9 Å². The van der Waals surface area contributed by atoms with E-state index >= 15 is 0 Å². The number of halogens is 1. The molecule has 1 saturated heterocycles. The number of rotatable bonds is 5. The average molecular weight is 560 g/mol. The maximum absolute atomic E-state index is 14.7. The van der Waals surface area contributed by atoms with E-state index in [0.717, 1.165) is 11.3 Å². The molecule has 4 aromatic carbocycles. The van der Waals surface area contributed by atoms with E-state index in [1.807, 2.05) is 72.5 Å². The number of hydrogen-bond donors (Lipinski definition) is 0. The zero-order valence-electron chi connectivity index (χ0n) is 22.3. The topological polar surface area (TPSA) is 63.7 Å². The van der Waals surface area contributed by atoms with Crippen LogP contribution in [0.1, 0.15) is 55.0 Å². The molecule has 0 saturated carbocycles. The highest BCUT2D eigenvalue weighted by molar-refractivity contribution is 6.32. The van der Waals surface area contributed by atoms with E-state index in [4.69, 9.17) is 16.3 Å². The van der Waals surface area contributed by atoms with Gasteiger partial charge in [-0.3, -0.25) is 14.4 Å². The van der Waals surface area contributed by atoms with Gasteiger partial charge in [-0.25, -0.2) is 0 Å². The zero-order chi connectivity index (χ0) is 28.3. The molecule has 0 unspecified atom stereocenters. The Morgan fingerprint density at radius 3 is 2.20 bits per heavy atom. The molecule has 7 rings (SSSR count). The lowest BCUT2D eigenvalue weighted by Crippen LogP contribution is -2.48. The van der Waals surface area contributed by atoms with Gasteiger partial charge in [0.1, 0.15) is 17.2 Å². The van der Waals surface area contributed by atoms with Crippen LogP contribution >= 0.6 is 11.6 Å². The van der Waals surface area contributed by atoms with Gasteiger partial charge in [-0.15, -0.1) is 0 Å². The van der Waals surface area contributed by atoms with Crippen LogP contribution in [0.3, 0.4) is 0 Å². The van der Waals surface area contributed by atoms with Crippen LogP contribution in [-0.2, 0) is 0 Å². The van der Waals surface area contributed by atoms with Crippen LogP contribution < -0.4 is 9.64 Å². The molecule has 0 radical (unpaired) electrons. The highest BCUT2D eigenvalue weighted by atomic mass is 35.5. The van der Waals surface area contributed by atoms with Crippen molar-refractivity contribution in [3.05, 3.63) is 136 Å². The fourth-order valence-corrected chi connectivity index (χ4v) is 7.20. The largest absolute Gasteiger partial charge is 0.494 e. The van der Waals surface area contributed by atoms with Crippen LogP contribution in [0.4, 0.5) is 5.69 Å². The number of hydrogen-bond acceptors (Lipinski definition) is 5. The summed E-state index contributed by atoms with van der Waals surface area (Å²) in [6.07, 6.45) is 3.89. The molecule has 2 heterocycles. The van der Waals surface area contributed by atoms with Crippen LogP contribution in [-0.4, -0.2) is 36.0 Å². The SMILES string of the molecule is CCOc1ccccc1[C@@H]1[C@@H](C(=O)c2ccc(Cl)cc2)N2c3ccccc3C=C[C@@H]2C12C(=O)c1ccccc1C2=O. The molecule has 5 nitrogen and oxygen atoms in total. The monoisotopic (exact) mass is 559 g/mol. The molecule has 3 atom stereocenters. The molecule has 0 N–H and O–H groups in total. The predicted octanol–water partition coefficient (Wildman–Crippen LogP) is 7.06. The molecular formula is C35H26ClNO4. The van der Waals surface area contributed by atoms with Gasteiger partial charge >= 0.3 is 0 Å². The predicted molar refractivity (Wildman–Crippen MR) is 159 cm³/mol. The van der Waals surface area contributed by atoms with E-state index in [1.165, 1.54) is 0 Å². The lowest BCUT2D eigenvalue weighted by Gasteiger charge is -2.37. The molecule has 1 spiro atoms. The van der Waals surface area contributed by atoms with Crippen molar-refractivity contribution in [1.29, 1.82) is 0 Å². The summed E-state index contributed by atoms with van der Waals surface area (Å²) in [5.41, 5.74) is 2.05. The molecule has 3 aliphatic rings. The summed E-state index contributed by atoms with van der Waals surface area (Å²) in [7, 11) is 0. The van der Waals surface area contributed by atoms with Crippen LogP contribution in [0.5, 0.6) is 5.75 Å². The quantitative estimate of drug-likeness (QED) is 0.193. The first-order valence-electron chi connectivity index (χ1n) is 13.7. The van der Waals surface area contributed by atoms with Crippen LogP contribution in [0.2, 0.25) is 5.02 Å². The Morgan fingerprint density at radius 1 is 0.854 bits per heavy atom. The summed E-state index contributed by atoms with van der Waals surface area (Å²) in [6.45, 7) is 2.28. The third-order valence-electron chi connectivity index (χ3n) is 8.66. The van der Waals surface area contributed by atoms with E-state index in [2.05, 4.69) is 0 Å². The van der Waals surface area contributed by atoms with Crippen molar-refractivity contribution >= 4 is 40.7 Å². The molecule has 41 heavy (non-hydrogen) atoms. The number of benzene rings is 4. The van der Waals surface area contributed by atoms with E-state index in [-0.39, 0.29) is 17.3 Å². The Kier molecular flexibility index (Phi) is 5.95. The van der Waals surface area contributed by atoms with Gasteiger partial charge in [0.15, 0.2) is 17.3 Å². The molecule has 0 aromatic heterocycles. The Balaban J connectivity index is 1.56. The molecule has 202 valence electrons. The minimum Gasteiger partial charge on any atom is -0.494 e. The Bertz CT molecular complexity index is 1720. The lowest BCUT2D eigenvalue weighted by molar-refractivity contribution is 0.0664. The minimum atomic E-state index is -1.58. The van der Waals surface area contributed by atoms with Gasteiger partial charge in [0.05, 0.1) is 12.6 Å².